The lowest BCUT2D eigenvalue weighted by Gasteiger charge is -2.25. The van der Waals surface area contributed by atoms with Crippen molar-refractivity contribution in [2.24, 2.45) is 0 Å². The molecule has 5 heteroatoms. The second kappa shape index (κ2) is 7.61. The Morgan fingerprint density at radius 3 is 2.62 bits per heavy atom. The van der Waals surface area contributed by atoms with Gasteiger partial charge in [0.1, 0.15) is 0 Å². The molecule has 1 unspecified atom stereocenters. The summed E-state index contributed by atoms with van der Waals surface area (Å²) in [6.07, 6.45) is 1.97. The van der Waals surface area contributed by atoms with Crippen molar-refractivity contribution in [2.45, 2.75) is 32.2 Å². The second-order valence-electron chi connectivity index (χ2n) is 4.92. The molecule has 0 radical (unpaired) electrons. The highest BCUT2D eigenvalue weighted by Crippen LogP contribution is 2.20. The number of hydrogen-bond acceptors (Lipinski definition) is 4. The Kier molecular flexibility index (Phi) is 5.82. The number of carbonyl (C=O) groups excluding carboxylic acids is 1. The van der Waals surface area contributed by atoms with Crippen LogP contribution in [-0.4, -0.2) is 27.3 Å². The third kappa shape index (κ3) is 4.32. The maximum absolute atomic E-state index is 12.6. The number of thioether (sulfide) groups is 1. The van der Waals surface area contributed by atoms with E-state index in [1.807, 2.05) is 48.7 Å². The van der Waals surface area contributed by atoms with Crippen LogP contribution in [0.2, 0.25) is 0 Å². The minimum absolute atomic E-state index is 0.0260. The molecule has 0 spiro atoms. The number of hydrogen-bond donors (Lipinski definition) is 0. The number of amides is 1. The number of nitrogens with zero attached hydrogens (tertiary/aromatic N) is 2. The van der Waals surface area contributed by atoms with Crippen LogP contribution >= 0.6 is 23.1 Å². The molecule has 21 heavy (non-hydrogen) atoms. The SMILES string of the molecule is CSC(C)C(=O)N(Cc1ccccc1)Cc1scnc1C. The minimum atomic E-state index is -0.0260. The van der Waals surface area contributed by atoms with Gasteiger partial charge in [-0.1, -0.05) is 30.3 Å². The fourth-order valence-corrected chi connectivity index (χ4v) is 3.17. The smallest absolute Gasteiger partial charge is 0.236 e. The normalized spacial score (nSPS) is 12.1. The van der Waals surface area contributed by atoms with Crippen molar-refractivity contribution < 1.29 is 4.79 Å². The first-order valence-corrected chi connectivity index (χ1v) is 9.03. The number of carbonyl (C=O) groups is 1. The zero-order chi connectivity index (χ0) is 15.2. The predicted molar refractivity (Wildman–Crippen MR) is 90.5 cm³/mol. The maximum Gasteiger partial charge on any atom is 0.236 e. The molecule has 0 aliphatic carbocycles. The van der Waals surface area contributed by atoms with Gasteiger partial charge < -0.3 is 4.90 Å². The molecule has 1 atom stereocenters. The molecule has 0 saturated heterocycles. The summed E-state index contributed by atoms with van der Waals surface area (Å²) in [6.45, 7) is 5.23. The van der Waals surface area contributed by atoms with E-state index in [0.717, 1.165) is 16.1 Å². The lowest BCUT2D eigenvalue weighted by atomic mass is 10.2. The van der Waals surface area contributed by atoms with E-state index in [4.69, 9.17) is 0 Å². The van der Waals surface area contributed by atoms with Gasteiger partial charge in [0.25, 0.3) is 0 Å². The van der Waals surface area contributed by atoms with Gasteiger partial charge in [-0.05, 0) is 25.7 Å². The molecule has 2 aromatic rings. The molecule has 0 bridgehead atoms. The molecule has 1 heterocycles. The van der Waals surface area contributed by atoms with E-state index in [9.17, 15) is 4.79 Å². The summed E-state index contributed by atoms with van der Waals surface area (Å²) in [6, 6.07) is 10.1. The van der Waals surface area contributed by atoms with Crippen molar-refractivity contribution in [1.82, 2.24) is 9.88 Å². The molecule has 2 rings (SSSR count). The van der Waals surface area contributed by atoms with Crippen molar-refractivity contribution in [3.05, 3.63) is 52.0 Å². The highest BCUT2D eigenvalue weighted by Gasteiger charge is 2.21. The first-order valence-electron chi connectivity index (χ1n) is 6.86. The zero-order valence-corrected chi connectivity index (χ0v) is 14.2. The number of thiazole rings is 1. The Morgan fingerprint density at radius 1 is 1.33 bits per heavy atom. The summed E-state index contributed by atoms with van der Waals surface area (Å²) in [7, 11) is 0. The molecule has 1 aromatic carbocycles. The fraction of sp³-hybridized carbons (Fsp3) is 0.375. The molecule has 1 aromatic heterocycles. The molecule has 112 valence electrons. The van der Waals surface area contributed by atoms with Gasteiger partial charge in [0.15, 0.2) is 0 Å². The molecule has 3 nitrogen and oxygen atoms in total. The Bertz CT molecular complexity index is 583. The van der Waals surface area contributed by atoms with Crippen molar-refractivity contribution in [1.29, 1.82) is 0 Å². The number of aromatic nitrogens is 1. The molecule has 0 saturated carbocycles. The highest BCUT2D eigenvalue weighted by atomic mass is 32.2. The molecule has 0 aliphatic rings. The van der Waals surface area contributed by atoms with E-state index in [-0.39, 0.29) is 11.2 Å². The van der Waals surface area contributed by atoms with Crippen LogP contribution in [-0.2, 0) is 17.9 Å². The Balaban J connectivity index is 2.18. The van der Waals surface area contributed by atoms with Crippen molar-refractivity contribution in [2.75, 3.05) is 6.26 Å². The quantitative estimate of drug-likeness (QED) is 0.813. The molecule has 0 aliphatic heterocycles. The lowest BCUT2D eigenvalue weighted by Crippen LogP contribution is -2.35. The van der Waals surface area contributed by atoms with Crippen LogP contribution in [0.4, 0.5) is 0 Å². The van der Waals surface area contributed by atoms with Crippen LogP contribution < -0.4 is 0 Å². The number of benzene rings is 1. The first kappa shape index (κ1) is 16.0. The van der Waals surface area contributed by atoms with Gasteiger partial charge in [0.2, 0.25) is 5.91 Å². The van der Waals surface area contributed by atoms with Crippen LogP contribution in [0.5, 0.6) is 0 Å². The Morgan fingerprint density at radius 2 is 2.05 bits per heavy atom. The lowest BCUT2D eigenvalue weighted by molar-refractivity contribution is -0.131. The van der Waals surface area contributed by atoms with Gasteiger partial charge in [-0.25, -0.2) is 4.98 Å². The van der Waals surface area contributed by atoms with Crippen LogP contribution in [0.15, 0.2) is 35.8 Å². The summed E-state index contributed by atoms with van der Waals surface area (Å²) in [4.78, 5) is 20.0. The minimum Gasteiger partial charge on any atom is -0.332 e. The van der Waals surface area contributed by atoms with Crippen LogP contribution in [0.3, 0.4) is 0 Å². The third-order valence-electron chi connectivity index (χ3n) is 3.41. The van der Waals surface area contributed by atoms with Crippen LogP contribution in [0, 0.1) is 6.92 Å². The summed E-state index contributed by atoms with van der Waals surface area (Å²) in [5.74, 6) is 0.180. The van der Waals surface area contributed by atoms with E-state index >= 15 is 0 Å². The van der Waals surface area contributed by atoms with E-state index in [1.54, 1.807) is 23.1 Å². The van der Waals surface area contributed by atoms with E-state index in [1.165, 1.54) is 0 Å². The van der Waals surface area contributed by atoms with E-state index in [0.29, 0.717) is 13.1 Å². The first-order chi connectivity index (χ1) is 10.1. The van der Waals surface area contributed by atoms with E-state index < -0.39 is 0 Å². The summed E-state index contributed by atoms with van der Waals surface area (Å²) >= 11 is 3.20. The predicted octanol–water partition coefficient (Wildman–Crippen LogP) is 3.73. The molecule has 0 N–H and O–H groups in total. The highest BCUT2D eigenvalue weighted by molar-refractivity contribution is 7.99. The monoisotopic (exact) mass is 320 g/mol. The Labute approximate surface area is 134 Å². The zero-order valence-electron chi connectivity index (χ0n) is 12.6. The molecule has 0 fully saturated rings. The van der Waals surface area contributed by atoms with E-state index in [2.05, 4.69) is 17.1 Å². The summed E-state index contributed by atoms with van der Waals surface area (Å²) < 4.78 is 0. The largest absolute Gasteiger partial charge is 0.332 e. The molecular weight excluding hydrogens is 300 g/mol. The van der Waals surface area contributed by atoms with Gasteiger partial charge in [-0.2, -0.15) is 11.8 Å². The van der Waals surface area contributed by atoms with Crippen molar-refractivity contribution >= 4 is 29.0 Å². The Hall–Kier alpha value is -1.33. The van der Waals surface area contributed by atoms with Crippen molar-refractivity contribution in [3.8, 4) is 0 Å². The van der Waals surface area contributed by atoms with Gasteiger partial charge >= 0.3 is 0 Å². The molecular formula is C16H20N2OS2. The maximum atomic E-state index is 12.6. The van der Waals surface area contributed by atoms with Gasteiger partial charge in [0.05, 0.1) is 23.0 Å². The average Bonchev–Trinajstić information content (AvgIpc) is 2.91. The average molecular weight is 320 g/mol. The molecule has 1 amide bonds. The van der Waals surface area contributed by atoms with Gasteiger partial charge in [-0.15, -0.1) is 11.3 Å². The van der Waals surface area contributed by atoms with Crippen molar-refractivity contribution in [3.63, 3.8) is 0 Å². The summed E-state index contributed by atoms with van der Waals surface area (Å²) in [5.41, 5.74) is 4.01. The fourth-order valence-electron chi connectivity index (χ4n) is 2.02. The topological polar surface area (TPSA) is 33.2 Å². The second-order valence-corrected chi connectivity index (χ2v) is 7.04. The standard InChI is InChI=1S/C16H20N2OS2/c1-12-15(21-11-17-12)10-18(16(19)13(2)20-3)9-14-7-5-4-6-8-14/h4-8,11,13H,9-10H2,1-3H3. The van der Waals surface area contributed by atoms with Gasteiger partial charge in [-0.3, -0.25) is 4.79 Å². The van der Waals surface area contributed by atoms with Crippen LogP contribution in [0.1, 0.15) is 23.1 Å². The number of rotatable bonds is 6. The summed E-state index contributed by atoms with van der Waals surface area (Å²) in [5, 5.41) is -0.0260. The number of aryl methyl sites for hydroxylation is 1. The van der Waals surface area contributed by atoms with Gasteiger partial charge in [0, 0.05) is 11.4 Å². The van der Waals surface area contributed by atoms with Crippen LogP contribution in [0.25, 0.3) is 0 Å². The third-order valence-corrected chi connectivity index (χ3v) is 5.24.